The van der Waals surface area contributed by atoms with Crippen LogP contribution in [0, 0.1) is 19.8 Å². The summed E-state index contributed by atoms with van der Waals surface area (Å²) < 4.78 is 1.92. The Morgan fingerprint density at radius 1 is 1.25 bits per heavy atom. The molecular formula is C17H24N6O. The molecule has 0 aromatic carbocycles. The molecule has 3 heterocycles. The van der Waals surface area contributed by atoms with Crippen molar-refractivity contribution in [1.29, 1.82) is 0 Å². The lowest BCUT2D eigenvalue weighted by Gasteiger charge is -2.32. The lowest BCUT2D eigenvalue weighted by Crippen LogP contribution is -2.36. The van der Waals surface area contributed by atoms with Crippen LogP contribution in [0.25, 0.3) is 0 Å². The van der Waals surface area contributed by atoms with Gasteiger partial charge in [-0.2, -0.15) is 5.10 Å². The Morgan fingerprint density at radius 3 is 2.54 bits per heavy atom. The number of aryl methyl sites for hydroxylation is 2. The number of nitrogens with one attached hydrogen (secondary N) is 1. The van der Waals surface area contributed by atoms with Gasteiger partial charge < -0.3 is 10.2 Å². The third-order valence-electron chi connectivity index (χ3n) is 4.27. The van der Waals surface area contributed by atoms with Gasteiger partial charge in [0, 0.05) is 44.1 Å². The number of carbonyl (C=O) groups is 1. The number of piperidine rings is 1. The second-order valence-electron chi connectivity index (χ2n) is 6.51. The molecular weight excluding hydrogens is 304 g/mol. The summed E-state index contributed by atoms with van der Waals surface area (Å²) in [7, 11) is 0. The fraction of sp³-hybridized carbons (Fsp3) is 0.529. The number of nitrogens with zero attached hydrogens (tertiary/aromatic N) is 5. The van der Waals surface area contributed by atoms with Gasteiger partial charge in [-0.05, 0) is 38.7 Å². The molecule has 1 saturated heterocycles. The van der Waals surface area contributed by atoms with Crippen molar-refractivity contribution < 1.29 is 4.79 Å². The fourth-order valence-electron chi connectivity index (χ4n) is 3.16. The lowest BCUT2D eigenvalue weighted by atomic mass is 9.97. The Bertz CT molecular complexity index is 697. The lowest BCUT2D eigenvalue weighted by molar-refractivity contribution is -0.114. The van der Waals surface area contributed by atoms with Crippen molar-refractivity contribution in [2.75, 3.05) is 23.3 Å². The molecule has 1 aliphatic rings. The van der Waals surface area contributed by atoms with E-state index in [-0.39, 0.29) is 5.91 Å². The van der Waals surface area contributed by atoms with Crippen molar-refractivity contribution in [3.63, 3.8) is 0 Å². The van der Waals surface area contributed by atoms with Gasteiger partial charge in [-0.1, -0.05) is 0 Å². The second-order valence-corrected chi connectivity index (χ2v) is 6.51. The molecule has 0 radical (unpaired) electrons. The Kier molecular flexibility index (Phi) is 4.78. The van der Waals surface area contributed by atoms with Crippen LogP contribution in [0.2, 0.25) is 0 Å². The topological polar surface area (TPSA) is 75.9 Å². The third-order valence-corrected chi connectivity index (χ3v) is 4.27. The van der Waals surface area contributed by atoms with Crippen LogP contribution in [0.5, 0.6) is 0 Å². The van der Waals surface area contributed by atoms with Crippen molar-refractivity contribution in [2.24, 2.45) is 5.92 Å². The Labute approximate surface area is 142 Å². The highest BCUT2D eigenvalue weighted by Gasteiger charge is 2.22. The van der Waals surface area contributed by atoms with E-state index in [1.54, 1.807) is 6.20 Å². The van der Waals surface area contributed by atoms with Gasteiger partial charge in [-0.15, -0.1) is 0 Å². The van der Waals surface area contributed by atoms with Crippen LogP contribution < -0.4 is 10.2 Å². The number of hydrogen-bond donors (Lipinski definition) is 1. The molecule has 0 saturated carbocycles. The normalized spacial score (nSPS) is 15.5. The molecule has 0 atom stereocenters. The molecule has 0 bridgehead atoms. The van der Waals surface area contributed by atoms with Gasteiger partial charge in [0.05, 0.1) is 11.9 Å². The van der Waals surface area contributed by atoms with Crippen molar-refractivity contribution in [3.8, 4) is 0 Å². The monoisotopic (exact) mass is 328 g/mol. The van der Waals surface area contributed by atoms with E-state index < -0.39 is 0 Å². The zero-order valence-corrected chi connectivity index (χ0v) is 14.5. The van der Waals surface area contributed by atoms with E-state index >= 15 is 0 Å². The van der Waals surface area contributed by atoms with Crippen LogP contribution in [0.3, 0.4) is 0 Å². The summed E-state index contributed by atoms with van der Waals surface area (Å²) in [5.41, 5.74) is 2.78. The summed E-state index contributed by atoms with van der Waals surface area (Å²) in [6.45, 7) is 8.33. The van der Waals surface area contributed by atoms with Crippen LogP contribution in [-0.4, -0.2) is 38.7 Å². The molecule has 0 spiro atoms. The van der Waals surface area contributed by atoms with Crippen molar-refractivity contribution in [1.82, 2.24) is 19.7 Å². The number of anilines is 2. The van der Waals surface area contributed by atoms with E-state index in [2.05, 4.69) is 25.3 Å². The molecule has 2 aromatic rings. The SMILES string of the molecule is CC(=O)Nc1cnn(CC2CCN(c3nc(C)cc(C)n3)CC2)c1. The smallest absolute Gasteiger partial charge is 0.225 e. The molecule has 128 valence electrons. The van der Waals surface area contributed by atoms with Gasteiger partial charge in [-0.25, -0.2) is 9.97 Å². The molecule has 0 aliphatic carbocycles. The first-order valence-corrected chi connectivity index (χ1v) is 8.37. The molecule has 7 nitrogen and oxygen atoms in total. The van der Waals surface area contributed by atoms with Gasteiger partial charge >= 0.3 is 0 Å². The van der Waals surface area contributed by atoms with Crippen molar-refractivity contribution in [3.05, 3.63) is 29.8 Å². The first-order valence-electron chi connectivity index (χ1n) is 8.37. The molecule has 1 N–H and O–H groups in total. The average Bonchev–Trinajstić information content (AvgIpc) is 2.93. The second kappa shape index (κ2) is 6.98. The maximum Gasteiger partial charge on any atom is 0.225 e. The molecule has 7 heteroatoms. The number of rotatable bonds is 4. The van der Waals surface area contributed by atoms with E-state index in [9.17, 15) is 4.79 Å². The van der Waals surface area contributed by atoms with Crippen LogP contribution in [-0.2, 0) is 11.3 Å². The molecule has 1 fully saturated rings. The minimum atomic E-state index is -0.0729. The quantitative estimate of drug-likeness (QED) is 0.931. The number of amides is 1. The van der Waals surface area contributed by atoms with Gasteiger partial charge in [0.1, 0.15) is 0 Å². The summed E-state index contributed by atoms with van der Waals surface area (Å²) in [5, 5.41) is 7.08. The highest BCUT2D eigenvalue weighted by molar-refractivity contribution is 5.88. The molecule has 2 aromatic heterocycles. The highest BCUT2D eigenvalue weighted by atomic mass is 16.1. The van der Waals surface area contributed by atoms with Crippen molar-refractivity contribution in [2.45, 2.75) is 40.2 Å². The van der Waals surface area contributed by atoms with E-state index in [4.69, 9.17) is 0 Å². The van der Waals surface area contributed by atoms with Gasteiger partial charge in [0.25, 0.3) is 0 Å². The maximum atomic E-state index is 11.1. The van der Waals surface area contributed by atoms with Crippen LogP contribution in [0.1, 0.15) is 31.2 Å². The van der Waals surface area contributed by atoms with E-state index in [1.165, 1.54) is 6.92 Å². The molecule has 1 amide bonds. The third kappa shape index (κ3) is 4.10. The van der Waals surface area contributed by atoms with Crippen LogP contribution in [0.15, 0.2) is 18.5 Å². The van der Waals surface area contributed by atoms with Gasteiger partial charge in [0.2, 0.25) is 11.9 Å². The molecule has 1 aliphatic heterocycles. The predicted molar refractivity (Wildman–Crippen MR) is 93.0 cm³/mol. The largest absolute Gasteiger partial charge is 0.341 e. The van der Waals surface area contributed by atoms with E-state index in [1.807, 2.05) is 30.8 Å². The molecule has 0 unspecified atom stereocenters. The number of hydrogen-bond acceptors (Lipinski definition) is 5. The van der Waals surface area contributed by atoms with Gasteiger partial charge in [0.15, 0.2) is 0 Å². The minimum absolute atomic E-state index is 0.0729. The average molecular weight is 328 g/mol. The minimum Gasteiger partial charge on any atom is -0.341 e. The first-order chi connectivity index (χ1) is 11.5. The zero-order valence-electron chi connectivity index (χ0n) is 14.5. The van der Waals surface area contributed by atoms with Crippen molar-refractivity contribution >= 4 is 17.5 Å². The van der Waals surface area contributed by atoms with Crippen LogP contribution >= 0.6 is 0 Å². The first kappa shape index (κ1) is 16.4. The number of carbonyl (C=O) groups excluding carboxylic acids is 1. The Morgan fingerprint density at radius 2 is 1.92 bits per heavy atom. The molecule has 3 rings (SSSR count). The van der Waals surface area contributed by atoms with Crippen LogP contribution in [0.4, 0.5) is 11.6 Å². The maximum absolute atomic E-state index is 11.1. The summed E-state index contributed by atoms with van der Waals surface area (Å²) in [5.74, 6) is 1.35. The standard InChI is InChI=1S/C17H24N6O/c1-12-8-13(2)20-17(19-12)22-6-4-15(5-7-22)10-23-11-16(9-18-23)21-14(3)24/h8-9,11,15H,4-7,10H2,1-3H3,(H,21,24). The summed E-state index contributed by atoms with van der Waals surface area (Å²) in [6, 6.07) is 2.00. The number of aromatic nitrogens is 4. The summed E-state index contributed by atoms with van der Waals surface area (Å²) in [6.07, 6.45) is 5.76. The summed E-state index contributed by atoms with van der Waals surface area (Å²) >= 11 is 0. The van der Waals surface area contributed by atoms with E-state index in [0.29, 0.717) is 5.92 Å². The highest BCUT2D eigenvalue weighted by Crippen LogP contribution is 2.22. The van der Waals surface area contributed by atoms with E-state index in [0.717, 1.165) is 55.5 Å². The van der Waals surface area contributed by atoms with Gasteiger partial charge in [-0.3, -0.25) is 9.48 Å². The molecule has 24 heavy (non-hydrogen) atoms. The Hall–Kier alpha value is -2.44. The predicted octanol–water partition coefficient (Wildman–Crippen LogP) is 2.16. The zero-order chi connectivity index (χ0) is 17.1. The summed E-state index contributed by atoms with van der Waals surface area (Å²) in [4.78, 5) is 22.4. The fourth-order valence-corrected chi connectivity index (χ4v) is 3.16. The Balaban J connectivity index is 1.55.